The molecule has 1 rings (SSSR count). The summed E-state index contributed by atoms with van der Waals surface area (Å²) in [6.45, 7) is 6.36. The molecule has 1 aromatic heterocycles. The third kappa shape index (κ3) is 2.06. The zero-order valence-electron chi connectivity index (χ0n) is 8.33. The standard InChI is InChI=1S/C11H14N2/c1-4-8(2)11-7-13-10(6-12)5-9(11)3/h5,7-8H,4H2,1-3H3. The lowest BCUT2D eigenvalue weighted by atomic mass is 9.96. The van der Waals surface area contributed by atoms with E-state index in [1.54, 1.807) is 0 Å². The van der Waals surface area contributed by atoms with Gasteiger partial charge < -0.3 is 0 Å². The van der Waals surface area contributed by atoms with E-state index in [4.69, 9.17) is 5.26 Å². The molecule has 0 spiro atoms. The second-order valence-electron chi connectivity index (χ2n) is 3.35. The largest absolute Gasteiger partial charge is 0.245 e. The van der Waals surface area contributed by atoms with Crippen LogP contribution in [0.5, 0.6) is 0 Å². The predicted molar refractivity (Wildman–Crippen MR) is 52.4 cm³/mol. The van der Waals surface area contributed by atoms with Crippen molar-refractivity contribution in [3.63, 3.8) is 0 Å². The van der Waals surface area contributed by atoms with E-state index in [1.807, 2.05) is 25.3 Å². The van der Waals surface area contributed by atoms with Crippen LogP contribution in [0.4, 0.5) is 0 Å². The number of rotatable bonds is 2. The van der Waals surface area contributed by atoms with Crippen LogP contribution in [0.15, 0.2) is 12.3 Å². The molecule has 1 aromatic rings. The molecule has 1 unspecified atom stereocenters. The summed E-state index contributed by atoms with van der Waals surface area (Å²) in [7, 11) is 0. The number of hydrogen-bond donors (Lipinski definition) is 0. The number of nitriles is 1. The second-order valence-corrected chi connectivity index (χ2v) is 3.35. The van der Waals surface area contributed by atoms with Crippen LogP contribution in [-0.4, -0.2) is 4.98 Å². The normalized spacial score (nSPS) is 12.2. The van der Waals surface area contributed by atoms with Gasteiger partial charge in [-0.25, -0.2) is 4.98 Å². The molecule has 2 nitrogen and oxygen atoms in total. The lowest BCUT2D eigenvalue weighted by Crippen LogP contribution is -1.97. The Kier molecular flexibility index (Phi) is 3.02. The van der Waals surface area contributed by atoms with Crippen LogP contribution in [0, 0.1) is 18.3 Å². The van der Waals surface area contributed by atoms with Crippen LogP contribution in [0.3, 0.4) is 0 Å². The van der Waals surface area contributed by atoms with Gasteiger partial charge in [0.05, 0.1) is 0 Å². The summed E-state index contributed by atoms with van der Waals surface area (Å²) >= 11 is 0. The Balaban J connectivity index is 3.07. The van der Waals surface area contributed by atoms with E-state index in [2.05, 4.69) is 18.8 Å². The van der Waals surface area contributed by atoms with E-state index < -0.39 is 0 Å². The van der Waals surface area contributed by atoms with Gasteiger partial charge in [0, 0.05) is 6.20 Å². The molecule has 0 saturated heterocycles. The molecule has 13 heavy (non-hydrogen) atoms. The molecule has 0 fully saturated rings. The molecule has 0 aliphatic rings. The van der Waals surface area contributed by atoms with Crippen molar-refractivity contribution < 1.29 is 0 Å². The van der Waals surface area contributed by atoms with Gasteiger partial charge in [0.15, 0.2) is 0 Å². The molecule has 0 aliphatic heterocycles. The molecular formula is C11H14N2. The fourth-order valence-electron chi connectivity index (χ4n) is 1.36. The maximum absolute atomic E-state index is 8.64. The molecule has 0 amide bonds. The number of aryl methyl sites for hydroxylation is 1. The highest BCUT2D eigenvalue weighted by atomic mass is 14.7. The third-order valence-electron chi connectivity index (χ3n) is 2.41. The average Bonchev–Trinajstić information content (AvgIpc) is 2.16. The molecule has 0 bridgehead atoms. The van der Waals surface area contributed by atoms with E-state index in [0.29, 0.717) is 11.6 Å². The van der Waals surface area contributed by atoms with E-state index >= 15 is 0 Å². The maximum atomic E-state index is 8.64. The minimum absolute atomic E-state index is 0.504. The summed E-state index contributed by atoms with van der Waals surface area (Å²) in [5.74, 6) is 0.528. The molecule has 2 heteroatoms. The highest BCUT2D eigenvalue weighted by Gasteiger charge is 2.07. The first-order valence-electron chi connectivity index (χ1n) is 4.55. The summed E-state index contributed by atoms with van der Waals surface area (Å²) in [6.07, 6.45) is 2.93. The zero-order valence-corrected chi connectivity index (χ0v) is 8.33. The Bertz CT molecular complexity index is 336. The van der Waals surface area contributed by atoms with Crippen molar-refractivity contribution in [1.29, 1.82) is 5.26 Å². The predicted octanol–water partition coefficient (Wildman–Crippen LogP) is 2.78. The van der Waals surface area contributed by atoms with Crippen LogP contribution < -0.4 is 0 Å². The summed E-state index contributed by atoms with van der Waals surface area (Å²) < 4.78 is 0. The highest BCUT2D eigenvalue weighted by molar-refractivity contribution is 5.32. The van der Waals surface area contributed by atoms with Crippen LogP contribution in [0.25, 0.3) is 0 Å². The Morgan fingerprint density at radius 3 is 2.77 bits per heavy atom. The Hall–Kier alpha value is -1.36. The first-order chi connectivity index (χ1) is 6.19. The van der Waals surface area contributed by atoms with Gasteiger partial charge in [0.25, 0.3) is 0 Å². The van der Waals surface area contributed by atoms with Gasteiger partial charge in [-0.3, -0.25) is 0 Å². The molecule has 0 aliphatic carbocycles. The smallest absolute Gasteiger partial charge is 0.140 e. The SMILES string of the molecule is CCC(C)c1cnc(C#N)cc1C. The number of pyridine rings is 1. The van der Waals surface area contributed by atoms with Crippen molar-refractivity contribution >= 4 is 0 Å². The van der Waals surface area contributed by atoms with Gasteiger partial charge in [-0.1, -0.05) is 13.8 Å². The fourth-order valence-corrected chi connectivity index (χ4v) is 1.36. The van der Waals surface area contributed by atoms with Crippen LogP contribution in [-0.2, 0) is 0 Å². The topological polar surface area (TPSA) is 36.7 Å². The first kappa shape index (κ1) is 9.73. The number of nitrogens with zero attached hydrogens (tertiary/aromatic N) is 2. The second kappa shape index (κ2) is 4.04. The summed E-state index contributed by atoms with van der Waals surface area (Å²) in [5.41, 5.74) is 2.92. The minimum Gasteiger partial charge on any atom is -0.245 e. The summed E-state index contributed by atoms with van der Waals surface area (Å²) in [5, 5.41) is 8.64. The Morgan fingerprint density at radius 2 is 2.31 bits per heavy atom. The molecule has 0 aromatic carbocycles. The van der Waals surface area contributed by atoms with Gasteiger partial charge in [-0.05, 0) is 36.5 Å². The molecule has 1 heterocycles. The van der Waals surface area contributed by atoms with Crippen LogP contribution in [0.2, 0.25) is 0 Å². The van der Waals surface area contributed by atoms with Crippen LogP contribution >= 0.6 is 0 Å². The van der Waals surface area contributed by atoms with Crippen molar-refractivity contribution in [2.45, 2.75) is 33.1 Å². The Morgan fingerprint density at radius 1 is 1.62 bits per heavy atom. The maximum Gasteiger partial charge on any atom is 0.140 e. The lowest BCUT2D eigenvalue weighted by Gasteiger charge is -2.11. The summed E-state index contributed by atoms with van der Waals surface area (Å²) in [4.78, 5) is 4.07. The third-order valence-corrected chi connectivity index (χ3v) is 2.41. The van der Waals surface area contributed by atoms with Gasteiger partial charge >= 0.3 is 0 Å². The molecule has 0 saturated carbocycles. The van der Waals surface area contributed by atoms with Gasteiger partial charge in [0.1, 0.15) is 11.8 Å². The lowest BCUT2D eigenvalue weighted by molar-refractivity contribution is 0.723. The van der Waals surface area contributed by atoms with Crippen molar-refractivity contribution in [2.75, 3.05) is 0 Å². The Labute approximate surface area is 79.2 Å². The van der Waals surface area contributed by atoms with Gasteiger partial charge in [-0.15, -0.1) is 0 Å². The van der Waals surface area contributed by atoms with Crippen molar-refractivity contribution in [3.8, 4) is 6.07 Å². The minimum atomic E-state index is 0.504. The molecule has 68 valence electrons. The fraction of sp³-hybridized carbons (Fsp3) is 0.455. The average molecular weight is 174 g/mol. The van der Waals surface area contributed by atoms with E-state index in [1.165, 1.54) is 11.1 Å². The monoisotopic (exact) mass is 174 g/mol. The van der Waals surface area contributed by atoms with Gasteiger partial charge in [0.2, 0.25) is 0 Å². The molecular weight excluding hydrogens is 160 g/mol. The number of aromatic nitrogens is 1. The summed E-state index contributed by atoms with van der Waals surface area (Å²) in [6, 6.07) is 3.89. The zero-order chi connectivity index (χ0) is 9.84. The van der Waals surface area contributed by atoms with Gasteiger partial charge in [-0.2, -0.15) is 5.26 Å². The quantitative estimate of drug-likeness (QED) is 0.691. The van der Waals surface area contributed by atoms with E-state index in [-0.39, 0.29) is 0 Å². The van der Waals surface area contributed by atoms with E-state index in [9.17, 15) is 0 Å². The first-order valence-corrected chi connectivity index (χ1v) is 4.55. The molecule has 0 N–H and O–H groups in total. The highest BCUT2D eigenvalue weighted by Crippen LogP contribution is 2.21. The van der Waals surface area contributed by atoms with Crippen LogP contribution in [0.1, 0.15) is 43.0 Å². The number of hydrogen-bond acceptors (Lipinski definition) is 2. The van der Waals surface area contributed by atoms with Crippen molar-refractivity contribution in [2.24, 2.45) is 0 Å². The molecule has 1 atom stereocenters. The molecule has 0 radical (unpaired) electrons. The van der Waals surface area contributed by atoms with Crippen molar-refractivity contribution in [1.82, 2.24) is 4.98 Å². The van der Waals surface area contributed by atoms with E-state index in [0.717, 1.165) is 6.42 Å². The van der Waals surface area contributed by atoms with Crippen molar-refractivity contribution in [3.05, 3.63) is 29.1 Å².